The molecule has 2 heterocycles. The van der Waals surface area contributed by atoms with E-state index < -0.39 is 15.6 Å². The molecule has 1 atom stereocenters. The molecule has 0 spiro atoms. The monoisotopic (exact) mass is 421 g/mol. The first-order chi connectivity index (χ1) is 12.0. The quantitative estimate of drug-likeness (QED) is 0.713. The highest BCUT2D eigenvalue weighted by molar-refractivity contribution is 7.89. The van der Waals surface area contributed by atoms with Gasteiger partial charge in [0.05, 0.1) is 5.54 Å². The van der Waals surface area contributed by atoms with Crippen LogP contribution in [-0.2, 0) is 21.9 Å². The lowest BCUT2D eigenvalue weighted by molar-refractivity contribution is -0.128. The number of aromatic nitrogens is 2. The first-order valence-electron chi connectivity index (χ1n) is 9.03. The Balaban J connectivity index is 0.00000364. The first kappa shape index (κ1) is 23.9. The number of carbonyl (C=O) groups excluding carboxylic acids is 1. The number of hydrogen-bond acceptors (Lipinski definition) is 5. The lowest BCUT2D eigenvalue weighted by Crippen LogP contribution is -2.57. The average Bonchev–Trinajstić information content (AvgIpc) is 2.94. The highest BCUT2D eigenvalue weighted by Gasteiger charge is 2.36. The Labute approximate surface area is 168 Å². The standard InChI is InChI=1S/C17H31N5O3S.ClH/c1-12(2)17(4,11-18)20-16(23)14-6-8-22(9-7-14)26(24,25)15-10-21(5)13(3)19-15;/h10,12,14H,6-9,11,18H2,1-5H3,(H,20,23);1H. The van der Waals surface area contributed by atoms with Crippen LogP contribution in [0.15, 0.2) is 11.2 Å². The summed E-state index contributed by atoms with van der Waals surface area (Å²) in [4.78, 5) is 16.7. The summed E-state index contributed by atoms with van der Waals surface area (Å²) in [5.41, 5.74) is 5.38. The van der Waals surface area contributed by atoms with Gasteiger partial charge in [-0.05, 0) is 32.6 Å². The Hall–Kier alpha value is -1.16. The molecular weight excluding hydrogens is 390 g/mol. The number of rotatable bonds is 6. The molecule has 1 aliphatic rings. The minimum Gasteiger partial charge on any atom is -0.349 e. The molecule has 1 aromatic rings. The molecule has 1 amide bonds. The fourth-order valence-corrected chi connectivity index (χ4v) is 4.45. The van der Waals surface area contributed by atoms with Crippen LogP contribution < -0.4 is 11.1 Å². The summed E-state index contributed by atoms with van der Waals surface area (Å²) in [5, 5.41) is 3.13. The van der Waals surface area contributed by atoms with E-state index in [1.807, 2.05) is 20.8 Å². The van der Waals surface area contributed by atoms with Crippen LogP contribution in [0.25, 0.3) is 0 Å². The Kier molecular flexibility index (Phi) is 7.87. The Morgan fingerprint density at radius 2 is 1.96 bits per heavy atom. The Morgan fingerprint density at radius 1 is 1.41 bits per heavy atom. The summed E-state index contributed by atoms with van der Waals surface area (Å²) in [6.45, 7) is 8.75. The summed E-state index contributed by atoms with van der Waals surface area (Å²) >= 11 is 0. The van der Waals surface area contributed by atoms with E-state index in [0.29, 0.717) is 38.3 Å². The summed E-state index contributed by atoms with van der Waals surface area (Å²) in [6, 6.07) is 0. The van der Waals surface area contributed by atoms with Gasteiger partial charge in [0.15, 0.2) is 5.03 Å². The highest BCUT2D eigenvalue weighted by atomic mass is 35.5. The maximum atomic E-state index is 12.7. The van der Waals surface area contributed by atoms with Crippen molar-refractivity contribution in [2.75, 3.05) is 19.6 Å². The van der Waals surface area contributed by atoms with Crippen molar-refractivity contribution >= 4 is 28.3 Å². The van der Waals surface area contributed by atoms with Gasteiger partial charge in [-0.25, -0.2) is 13.4 Å². The van der Waals surface area contributed by atoms with Crippen molar-refractivity contribution in [2.24, 2.45) is 24.6 Å². The van der Waals surface area contributed by atoms with Crippen molar-refractivity contribution in [1.29, 1.82) is 0 Å². The predicted molar refractivity (Wildman–Crippen MR) is 107 cm³/mol. The zero-order valence-electron chi connectivity index (χ0n) is 16.7. The zero-order valence-corrected chi connectivity index (χ0v) is 18.4. The smallest absolute Gasteiger partial charge is 0.262 e. The van der Waals surface area contributed by atoms with Crippen LogP contribution in [0.3, 0.4) is 0 Å². The average molecular weight is 422 g/mol. The molecule has 1 aromatic heterocycles. The van der Waals surface area contributed by atoms with E-state index >= 15 is 0 Å². The number of aryl methyl sites for hydroxylation is 2. The van der Waals surface area contributed by atoms with Crippen molar-refractivity contribution in [3.8, 4) is 0 Å². The fraction of sp³-hybridized carbons (Fsp3) is 0.765. The third-order valence-corrected chi connectivity index (χ3v) is 7.39. The number of halogens is 1. The largest absolute Gasteiger partial charge is 0.349 e. The molecule has 1 saturated heterocycles. The first-order valence-corrected chi connectivity index (χ1v) is 10.5. The molecule has 1 aliphatic heterocycles. The summed E-state index contributed by atoms with van der Waals surface area (Å²) in [6.07, 6.45) is 2.52. The van der Waals surface area contributed by atoms with Crippen molar-refractivity contribution in [3.63, 3.8) is 0 Å². The van der Waals surface area contributed by atoms with Crippen LogP contribution in [0.5, 0.6) is 0 Å². The number of imidazole rings is 1. The Bertz CT molecular complexity index is 737. The van der Waals surface area contributed by atoms with Crippen molar-refractivity contribution in [3.05, 3.63) is 12.0 Å². The maximum Gasteiger partial charge on any atom is 0.262 e. The second kappa shape index (κ2) is 8.89. The van der Waals surface area contributed by atoms with Gasteiger partial charge in [0, 0.05) is 38.8 Å². The summed E-state index contributed by atoms with van der Waals surface area (Å²) < 4.78 is 28.6. The highest BCUT2D eigenvalue weighted by Crippen LogP contribution is 2.25. The molecule has 10 heteroatoms. The fourth-order valence-electron chi connectivity index (χ4n) is 2.96. The number of amides is 1. The van der Waals surface area contributed by atoms with Gasteiger partial charge < -0.3 is 15.6 Å². The second-order valence-electron chi connectivity index (χ2n) is 7.68. The van der Waals surface area contributed by atoms with Crippen LogP contribution >= 0.6 is 12.4 Å². The minimum absolute atomic E-state index is 0. The molecule has 8 nitrogen and oxygen atoms in total. The van der Waals surface area contributed by atoms with E-state index in [2.05, 4.69) is 10.3 Å². The number of sulfonamides is 1. The lowest BCUT2D eigenvalue weighted by atomic mass is 9.87. The lowest BCUT2D eigenvalue weighted by Gasteiger charge is -2.36. The van der Waals surface area contributed by atoms with Gasteiger partial charge >= 0.3 is 0 Å². The number of piperidine rings is 1. The minimum atomic E-state index is -3.62. The second-order valence-corrected chi connectivity index (χ2v) is 9.57. The molecule has 0 saturated carbocycles. The Morgan fingerprint density at radius 3 is 2.37 bits per heavy atom. The van der Waals surface area contributed by atoms with Crippen molar-refractivity contribution < 1.29 is 13.2 Å². The molecule has 0 aliphatic carbocycles. The van der Waals surface area contributed by atoms with Crippen LogP contribution in [0.2, 0.25) is 0 Å². The molecule has 0 radical (unpaired) electrons. The number of carbonyl (C=O) groups is 1. The molecule has 2 rings (SSSR count). The molecule has 0 aromatic carbocycles. The molecule has 0 bridgehead atoms. The van der Waals surface area contributed by atoms with Gasteiger partial charge in [0.25, 0.3) is 10.0 Å². The SMILES string of the molecule is Cc1nc(S(=O)(=O)N2CCC(C(=O)NC(C)(CN)C(C)C)CC2)cn1C.Cl. The number of nitrogens with two attached hydrogens (primary N) is 1. The number of hydrogen-bond donors (Lipinski definition) is 2. The molecule has 1 unspecified atom stereocenters. The van der Waals surface area contributed by atoms with Gasteiger partial charge in [-0.2, -0.15) is 4.31 Å². The van der Waals surface area contributed by atoms with Gasteiger partial charge in [-0.15, -0.1) is 12.4 Å². The molecule has 156 valence electrons. The summed E-state index contributed by atoms with van der Waals surface area (Å²) in [7, 11) is -1.85. The number of nitrogens with one attached hydrogen (secondary N) is 1. The third-order valence-electron chi connectivity index (χ3n) is 5.62. The van der Waals surface area contributed by atoms with Crippen molar-refractivity contribution in [1.82, 2.24) is 19.2 Å². The summed E-state index contributed by atoms with van der Waals surface area (Å²) in [5.74, 6) is 0.617. The van der Waals surface area contributed by atoms with E-state index in [1.165, 1.54) is 10.5 Å². The zero-order chi connectivity index (χ0) is 19.7. The molecular formula is C17H32ClN5O3S. The van der Waals surface area contributed by atoms with E-state index in [9.17, 15) is 13.2 Å². The van der Waals surface area contributed by atoms with E-state index in [-0.39, 0.29) is 35.2 Å². The van der Waals surface area contributed by atoms with Gasteiger partial charge in [0.2, 0.25) is 5.91 Å². The van der Waals surface area contributed by atoms with E-state index in [0.717, 1.165) is 0 Å². The van der Waals surface area contributed by atoms with Gasteiger partial charge in [-0.3, -0.25) is 4.79 Å². The number of nitrogens with zero attached hydrogens (tertiary/aromatic N) is 3. The van der Waals surface area contributed by atoms with Crippen LogP contribution in [0.4, 0.5) is 0 Å². The molecule has 1 fully saturated rings. The molecule has 27 heavy (non-hydrogen) atoms. The normalized spacial score (nSPS) is 18.8. The van der Waals surface area contributed by atoms with Gasteiger partial charge in [-0.1, -0.05) is 13.8 Å². The van der Waals surface area contributed by atoms with Crippen LogP contribution in [-0.4, -0.2) is 53.4 Å². The third kappa shape index (κ3) is 5.01. The predicted octanol–water partition coefficient (Wildman–Crippen LogP) is 1.04. The van der Waals surface area contributed by atoms with E-state index in [1.54, 1.807) is 18.5 Å². The van der Waals surface area contributed by atoms with E-state index in [4.69, 9.17) is 5.73 Å². The topological polar surface area (TPSA) is 110 Å². The maximum absolute atomic E-state index is 12.7. The van der Waals surface area contributed by atoms with Crippen LogP contribution in [0, 0.1) is 18.8 Å². The van der Waals surface area contributed by atoms with Gasteiger partial charge in [0.1, 0.15) is 5.82 Å². The van der Waals surface area contributed by atoms with Crippen LogP contribution in [0.1, 0.15) is 39.4 Å². The molecule has 3 N–H and O–H groups in total. The van der Waals surface area contributed by atoms with Crippen molar-refractivity contribution in [2.45, 2.75) is 51.1 Å².